The zero-order valence-electron chi connectivity index (χ0n) is 8.74. The van der Waals surface area contributed by atoms with Gasteiger partial charge >= 0.3 is 0 Å². The van der Waals surface area contributed by atoms with E-state index < -0.39 is 0 Å². The van der Waals surface area contributed by atoms with E-state index in [1.54, 1.807) is 31.1 Å². The number of carbonyl (C=O) groups excluding carboxylic acids is 1. The Morgan fingerprint density at radius 1 is 1.43 bits per heavy atom. The Balaban J connectivity index is 2.78. The summed E-state index contributed by atoms with van der Waals surface area (Å²) in [5.74, 6) is 0.334. The number of rotatable bonds is 2. The lowest BCUT2D eigenvalue weighted by Crippen LogP contribution is -2.23. The molecule has 0 bridgehead atoms. The van der Waals surface area contributed by atoms with Crippen LogP contribution >= 0.6 is 0 Å². The van der Waals surface area contributed by atoms with Crippen LogP contribution in [0.15, 0.2) is 18.2 Å². The van der Waals surface area contributed by atoms with E-state index in [4.69, 9.17) is 0 Å². The molecule has 0 radical (unpaired) electrons. The summed E-state index contributed by atoms with van der Waals surface area (Å²) >= 11 is 0. The number of phenolic OH excluding ortho intramolecular Hbond substituents is 1. The van der Waals surface area contributed by atoms with Gasteiger partial charge in [-0.1, -0.05) is 12.1 Å². The highest BCUT2D eigenvalue weighted by Gasteiger charge is 2.06. The van der Waals surface area contributed by atoms with Crippen molar-refractivity contribution >= 4 is 5.91 Å². The van der Waals surface area contributed by atoms with Crippen LogP contribution in [0.2, 0.25) is 0 Å². The molecule has 3 nitrogen and oxygen atoms in total. The van der Waals surface area contributed by atoms with Gasteiger partial charge in [0.25, 0.3) is 0 Å². The Morgan fingerprint density at radius 2 is 2.07 bits per heavy atom. The summed E-state index contributed by atoms with van der Waals surface area (Å²) in [5, 5.41) is 9.29. The highest BCUT2D eigenvalue weighted by Crippen LogP contribution is 2.17. The number of likely N-dealkylation sites (N-methyl/N-ethyl adjacent to an activating group) is 1. The van der Waals surface area contributed by atoms with Gasteiger partial charge in [0.05, 0.1) is 6.42 Å². The summed E-state index contributed by atoms with van der Waals surface area (Å²) in [4.78, 5) is 12.9. The van der Waals surface area contributed by atoms with E-state index >= 15 is 0 Å². The second-order valence-electron chi connectivity index (χ2n) is 3.59. The summed E-state index contributed by atoms with van der Waals surface area (Å²) < 4.78 is 0. The molecule has 0 saturated heterocycles. The molecule has 76 valence electrons. The molecule has 0 spiro atoms. The summed E-state index contributed by atoms with van der Waals surface area (Å²) in [6.45, 7) is 1.82. The van der Waals surface area contributed by atoms with Crippen LogP contribution < -0.4 is 0 Å². The molecule has 1 amide bonds. The van der Waals surface area contributed by atoms with Crippen LogP contribution in [0.1, 0.15) is 11.1 Å². The minimum absolute atomic E-state index is 0.0649. The van der Waals surface area contributed by atoms with Crippen molar-refractivity contribution in [3.8, 4) is 5.75 Å². The first-order valence-corrected chi connectivity index (χ1v) is 4.49. The molecule has 0 aromatic heterocycles. The average molecular weight is 193 g/mol. The highest BCUT2D eigenvalue weighted by atomic mass is 16.3. The number of amides is 1. The topological polar surface area (TPSA) is 40.5 Å². The maximum atomic E-state index is 11.4. The van der Waals surface area contributed by atoms with Gasteiger partial charge in [0.15, 0.2) is 0 Å². The summed E-state index contributed by atoms with van der Waals surface area (Å²) in [7, 11) is 3.46. The third-order valence-electron chi connectivity index (χ3n) is 2.12. The first-order valence-electron chi connectivity index (χ1n) is 4.49. The molecule has 14 heavy (non-hydrogen) atoms. The lowest BCUT2D eigenvalue weighted by Gasteiger charge is -2.10. The van der Waals surface area contributed by atoms with Crippen LogP contribution in [0.3, 0.4) is 0 Å². The van der Waals surface area contributed by atoms with Crippen molar-refractivity contribution in [2.24, 2.45) is 0 Å². The molecule has 0 aliphatic heterocycles. The maximum Gasteiger partial charge on any atom is 0.226 e. The summed E-state index contributed by atoms with van der Waals surface area (Å²) in [5.41, 5.74) is 1.73. The fourth-order valence-electron chi connectivity index (χ4n) is 1.16. The monoisotopic (exact) mass is 193 g/mol. The predicted octanol–water partition coefficient (Wildman–Crippen LogP) is 1.33. The minimum atomic E-state index is 0.0649. The van der Waals surface area contributed by atoms with Gasteiger partial charge in [-0.3, -0.25) is 4.79 Å². The van der Waals surface area contributed by atoms with Gasteiger partial charge in [-0.25, -0.2) is 0 Å². The second-order valence-corrected chi connectivity index (χ2v) is 3.59. The number of carbonyl (C=O) groups is 1. The maximum absolute atomic E-state index is 11.4. The zero-order chi connectivity index (χ0) is 10.7. The molecule has 0 atom stereocenters. The van der Waals surface area contributed by atoms with Gasteiger partial charge in [0.2, 0.25) is 5.91 Å². The molecular formula is C11H15NO2. The number of hydrogen-bond acceptors (Lipinski definition) is 2. The number of benzene rings is 1. The molecule has 1 aromatic rings. The van der Waals surface area contributed by atoms with Gasteiger partial charge in [0.1, 0.15) is 5.75 Å². The Kier molecular flexibility index (Phi) is 3.12. The molecule has 0 aliphatic rings. The van der Waals surface area contributed by atoms with Crippen LogP contribution in [0.25, 0.3) is 0 Å². The number of hydrogen-bond donors (Lipinski definition) is 1. The van der Waals surface area contributed by atoms with E-state index in [0.29, 0.717) is 6.42 Å². The van der Waals surface area contributed by atoms with Gasteiger partial charge in [0, 0.05) is 14.1 Å². The molecule has 0 unspecified atom stereocenters. The zero-order valence-corrected chi connectivity index (χ0v) is 8.74. The molecule has 0 heterocycles. The summed E-state index contributed by atoms with van der Waals surface area (Å²) in [6, 6.07) is 5.22. The SMILES string of the molecule is Cc1cc(CC(=O)N(C)C)ccc1O. The molecule has 1 rings (SSSR count). The van der Waals surface area contributed by atoms with Crippen molar-refractivity contribution in [3.63, 3.8) is 0 Å². The van der Waals surface area contributed by atoms with Gasteiger partial charge < -0.3 is 10.0 Å². The van der Waals surface area contributed by atoms with Gasteiger partial charge in [-0.15, -0.1) is 0 Å². The van der Waals surface area contributed by atoms with Crippen molar-refractivity contribution in [2.45, 2.75) is 13.3 Å². The molecule has 1 aromatic carbocycles. The van der Waals surface area contributed by atoms with Gasteiger partial charge in [-0.2, -0.15) is 0 Å². The second kappa shape index (κ2) is 4.13. The van der Waals surface area contributed by atoms with E-state index in [0.717, 1.165) is 11.1 Å². The van der Waals surface area contributed by atoms with E-state index in [9.17, 15) is 9.90 Å². The number of phenols is 1. The van der Waals surface area contributed by atoms with Crippen molar-refractivity contribution in [1.82, 2.24) is 4.90 Å². The van der Waals surface area contributed by atoms with E-state index in [-0.39, 0.29) is 11.7 Å². The first-order chi connectivity index (χ1) is 6.50. The Labute approximate surface area is 84.0 Å². The number of aryl methyl sites for hydroxylation is 1. The quantitative estimate of drug-likeness (QED) is 0.769. The highest BCUT2D eigenvalue weighted by molar-refractivity contribution is 5.78. The van der Waals surface area contributed by atoms with Crippen LogP contribution in [-0.2, 0) is 11.2 Å². The average Bonchev–Trinajstić information content (AvgIpc) is 2.11. The van der Waals surface area contributed by atoms with Crippen molar-refractivity contribution in [2.75, 3.05) is 14.1 Å². The Morgan fingerprint density at radius 3 is 2.57 bits per heavy atom. The Bertz CT molecular complexity index is 345. The van der Waals surface area contributed by atoms with Crippen molar-refractivity contribution in [1.29, 1.82) is 0 Å². The van der Waals surface area contributed by atoms with Crippen LogP contribution in [0.5, 0.6) is 5.75 Å². The number of aromatic hydroxyl groups is 1. The van der Waals surface area contributed by atoms with Gasteiger partial charge in [-0.05, 0) is 24.1 Å². The van der Waals surface area contributed by atoms with E-state index in [1.165, 1.54) is 0 Å². The minimum Gasteiger partial charge on any atom is -0.508 e. The molecular weight excluding hydrogens is 178 g/mol. The lowest BCUT2D eigenvalue weighted by atomic mass is 10.1. The van der Waals surface area contributed by atoms with Crippen LogP contribution in [-0.4, -0.2) is 30.0 Å². The number of nitrogens with zero attached hydrogens (tertiary/aromatic N) is 1. The molecule has 3 heteroatoms. The molecule has 0 fully saturated rings. The lowest BCUT2D eigenvalue weighted by molar-refractivity contribution is -0.127. The standard InChI is InChI=1S/C11H15NO2/c1-8-6-9(4-5-10(8)13)7-11(14)12(2)3/h4-6,13H,7H2,1-3H3. The molecule has 0 aliphatic carbocycles. The third-order valence-corrected chi connectivity index (χ3v) is 2.12. The normalized spacial score (nSPS) is 9.93. The fourth-order valence-corrected chi connectivity index (χ4v) is 1.16. The smallest absolute Gasteiger partial charge is 0.226 e. The van der Waals surface area contributed by atoms with Crippen LogP contribution in [0, 0.1) is 6.92 Å². The first kappa shape index (κ1) is 10.6. The third kappa shape index (κ3) is 2.49. The van der Waals surface area contributed by atoms with Crippen LogP contribution in [0.4, 0.5) is 0 Å². The summed E-state index contributed by atoms with van der Waals surface area (Å²) in [6.07, 6.45) is 0.383. The fraction of sp³-hybridized carbons (Fsp3) is 0.364. The van der Waals surface area contributed by atoms with Crippen molar-refractivity contribution < 1.29 is 9.90 Å². The van der Waals surface area contributed by atoms with Crippen molar-refractivity contribution in [3.05, 3.63) is 29.3 Å². The predicted molar refractivity (Wildman–Crippen MR) is 55.2 cm³/mol. The van der Waals surface area contributed by atoms with E-state index in [2.05, 4.69) is 0 Å². The Hall–Kier alpha value is -1.51. The molecule has 1 N–H and O–H groups in total. The molecule has 0 saturated carbocycles. The van der Waals surface area contributed by atoms with E-state index in [1.807, 2.05) is 13.0 Å². The largest absolute Gasteiger partial charge is 0.508 e.